The number of nitrogens with two attached hydrogens (primary N) is 2. The van der Waals surface area contributed by atoms with Crippen molar-refractivity contribution in [2.24, 2.45) is 0 Å². The number of imidazole rings is 2. The van der Waals surface area contributed by atoms with E-state index in [-0.39, 0.29) is 47.2 Å². The maximum atomic E-state index is 11.9. The Bertz CT molecular complexity index is 2690. The number of carbonyl (C=O) groups excluding carboxylic acids is 2. The highest BCUT2D eigenvalue weighted by molar-refractivity contribution is 7.53. The summed E-state index contributed by atoms with van der Waals surface area (Å²) >= 11 is 0. The van der Waals surface area contributed by atoms with Gasteiger partial charge >= 0.3 is 27.1 Å². The van der Waals surface area contributed by atoms with Gasteiger partial charge in [0.15, 0.2) is 47.0 Å². The minimum Gasteiger partial charge on any atom is -0.464 e. The quantitative estimate of drug-likeness (QED) is 0.0434. The van der Waals surface area contributed by atoms with Crippen LogP contribution >= 0.6 is 15.2 Å². The van der Waals surface area contributed by atoms with Crippen LogP contribution in [0.4, 0.5) is 11.6 Å². The third-order valence-corrected chi connectivity index (χ3v) is 12.5. The van der Waals surface area contributed by atoms with Gasteiger partial charge in [0, 0.05) is 11.1 Å². The van der Waals surface area contributed by atoms with Gasteiger partial charge in [0.2, 0.25) is 0 Å². The van der Waals surface area contributed by atoms with E-state index < -0.39 is 101 Å². The Morgan fingerprint density at radius 2 is 0.971 bits per heavy atom. The molecule has 0 spiro atoms. The minimum absolute atomic E-state index is 0.0967. The SMILES string of the molecule is CCOC(=O)[C@@H](OC[C@H]1O[C@@H](n2cnc3c(N)nc(-c4ccccc4)nc32)[C@H](O)[C@@H]1O)P(=O)(O)O.CCOC(=O)[C@H](OC[C@H]1O[C@@H](n2cnc3c(N)nc(-c4ccccc4)nc32)[C@H](O)[C@@H]1O)P(=O)(O)O. The molecule has 2 aliphatic rings. The first kappa shape index (κ1) is 51.9. The molecule has 30 heteroatoms. The van der Waals surface area contributed by atoms with Crippen molar-refractivity contribution >= 4 is 61.1 Å². The molecule has 12 N–H and O–H groups in total. The number of benzene rings is 2. The lowest BCUT2D eigenvalue weighted by molar-refractivity contribution is -0.156. The molecule has 0 saturated carbocycles. The van der Waals surface area contributed by atoms with Gasteiger partial charge in [-0.25, -0.2) is 39.5 Å². The van der Waals surface area contributed by atoms with Crippen LogP contribution in [0.5, 0.6) is 0 Å². The predicted molar refractivity (Wildman–Crippen MR) is 239 cm³/mol. The molecular formula is C40H48N10O18P2. The number of anilines is 2. The summed E-state index contributed by atoms with van der Waals surface area (Å²) in [4.78, 5) is 87.3. The van der Waals surface area contributed by atoms with Gasteiger partial charge in [-0.05, 0) is 13.8 Å². The molecule has 6 aromatic rings. The van der Waals surface area contributed by atoms with Crippen LogP contribution in [0.1, 0.15) is 26.3 Å². The fourth-order valence-electron chi connectivity index (χ4n) is 7.28. The lowest BCUT2D eigenvalue weighted by Crippen LogP contribution is -2.36. The molecule has 0 radical (unpaired) electrons. The van der Waals surface area contributed by atoms with Crippen molar-refractivity contribution in [1.29, 1.82) is 0 Å². The third kappa shape index (κ3) is 11.1. The van der Waals surface area contributed by atoms with Crippen molar-refractivity contribution in [3.63, 3.8) is 0 Å². The average molecular weight is 1020 g/mol. The normalized spacial score (nSPS) is 23.5. The van der Waals surface area contributed by atoms with E-state index in [4.69, 9.17) is 30.4 Å². The number of fused-ring (bicyclic) bond motifs is 2. The number of nitrogens with zero attached hydrogens (tertiary/aromatic N) is 8. The van der Waals surface area contributed by atoms with Gasteiger partial charge in [-0.1, -0.05) is 60.7 Å². The number of aliphatic hydroxyl groups excluding tert-OH is 4. The molecule has 4 aromatic heterocycles. The largest absolute Gasteiger partial charge is 0.464 e. The van der Waals surface area contributed by atoms with Crippen LogP contribution in [-0.2, 0) is 47.1 Å². The summed E-state index contributed by atoms with van der Waals surface area (Å²) in [5, 5.41) is 42.2. The Kier molecular flexibility index (Phi) is 16.0. The van der Waals surface area contributed by atoms with E-state index in [0.29, 0.717) is 22.8 Å². The molecule has 10 atom stereocenters. The predicted octanol–water partition coefficient (Wildman–Crippen LogP) is -0.444. The summed E-state index contributed by atoms with van der Waals surface area (Å²) in [6.07, 6.45) is -8.30. The number of aliphatic hydroxyl groups is 4. The van der Waals surface area contributed by atoms with E-state index in [0.717, 1.165) is 0 Å². The summed E-state index contributed by atoms with van der Waals surface area (Å²) in [6.45, 7) is 1.45. The van der Waals surface area contributed by atoms with Crippen molar-refractivity contribution in [3.05, 3.63) is 73.3 Å². The van der Waals surface area contributed by atoms with E-state index >= 15 is 0 Å². The third-order valence-electron chi connectivity index (χ3n) is 10.6. The second-order valence-electron chi connectivity index (χ2n) is 15.4. The van der Waals surface area contributed by atoms with Crippen LogP contribution in [0.25, 0.3) is 45.1 Å². The smallest absolute Gasteiger partial charge is 0.365 e. The number of aromatic nitrogens is 8. The molecule has 6 heterocycles. The van der Waals surface area contributed by atoms with Crippen LogP contribution < -0.4 is 11.5 Å². The molecule has 2 aliphatic heterocycles. The number of carbonyl (C=O) groups is 2. The zero-order valence-corrected chi connectivity index (χ0v) is 38.6. The van der Waals surface area contributed by atoms with Gasteiger partial charge < -0.3 is 79.9 Å². The van der Waals surface area contributed by atoms with Crippen LogP contribution in [0.3, 0.4) is 0 Å². The van der Waals surface area contributed by atoms with Crippen molar-refractivity contribution in [1.82, 2.24) is 39.0 Å². The summed E-state index contributed by atoms with van der Waals surface area (Å²) in [5.41, 5.74) is 14.4. The molecule has 0 unspecified atom stereocenters. The summed E-state index contributed by atoms with van der Waals surface area (Å²) in [6, 6.07) is 18.1. The highest BCUT2D eigenvalue weighted by Gasteiger charge is 2.48. The van der Waals surface area contributed by atoms with Crippen LogP contribution in [0, 0.1) is 0 Å². The van der Waals surface area contributed by atoms with Crippen molar-refractivity contribution in [3.8, 4) is 22.8 Å². The van der Waals surface area contributed by atoms with Crippen molar-refractivity contribution in [2.45, 2.75) is 74.6 Å². The maximum absolute atomic E-state index is 11.9. The second-order valence-corrected chi connectivity index (χ2v) is 18.7. The van der Waals surface area contributed by atoms with E-state index in [1.807, 2.05) is 36.4 Å². The molecule has 2 fully saturated rings. The fraction of sp³-hybridized carbons (Fsp3) is 0.400. The number of nitrogen functional groups attached to an aromatic ring is 2. The number of ether oxygens (including phenoxy) is 6. The molecule has 70 heavy (non-hydrogen) atoms. The highest BCUT2D eigenvalue weighted by Crippen LogP contribution is 2.44. The van der Waals surface area contributed by atoms with E-state index in [2.05, 4.69) is 39.4 Å². The van der Waals surface area contributed by atoms with Gasteiger partial charge in [0.05, 0.1) is 39.1 Å². The fourth-order valence-corrected chi connectivity index (χ4v) is 8.54. The standard InChI is InChI=1S/2C20H24N5O9P/c2*1-2-32-19(28)20(35(29,30)31)33-8-11-13(26)14(27)18(34-11)25-9-22-12-15(21)23-16(24-17(12)25)10-6-4-3-5-7-10/h2*3-7,9,11,13-14,18,20,26-27H,2,8H2,1H3,(H2,21,23,24)(H2,29,30,31)/t11-,13-,14-,18-,20+;11-,13-,14-,18-,20-/m11/s1. The lowest BCUT2D eigenvalue weighted by Gasteiger charge is -2.21. The molecular weight excluding hydrogens is 970 g/mol. The summed E-state index contributed by atoms with van der Waals surface area (Å²) in [7, 11) is -10.1. The molecule has 376 valence electrons. The minimum atomic E-state index is -5.03. The zero-order chi connectivity index (χ0) is 50.7. The molecule has 2 saturated heterocycles. The first-order chi connectivity index (χ1) is 33.2. The number of esters is 2. The summed E-state index contributed by atoms with van der Waals surface area (Å²) < 4.78 is 56.9. The number of rotatable bonds is 16. The Hall–Kier alpha value is -5.94. The van der Waals surface area contributed by atoms with Gasteiger partial charge in [0.1, 0.15) is 47.7 Å². The van der Waals surface area contributed by atoms with E-state index in [1.165, 1.54) is 35.6 Å². The highest BCUT2D eigenvalue weighted by atomic mass is 31.2. The van der Waals surface area contributed by atoms with E-state index in [9.17, 15) is 58.7 Å². The van der Waals surface area contributed by atoms with Gasteiger partial charge in [0.25, 0.3) is 11.7 Å². The molecule has 0 amide bonds. The van der Waals surface area contributed by atoms with E-state index in [1.54, 1.807) is 24.3 Å². The monoisotopic (exact) mass is 1020 g/mol. The first-order valence-corrected chi connectivity index (χ1v) is 24.4. The van der Waals surface area contributed by atoms with Gasteiger partial charge in [-0.3, -0.25) is 18.3 Å². The molecule has 2 aromatic carbocycles. The van der Waals surface area contributed by atoms with Gasteiger partial charge in [-0.15, -0.1) is 0 Å². The Morgan fingerprint density at radius 1 is 0.614 bits per heavy atom. The second kappa shape index (κ2) is 21.6. The van der Waals surface area contributed by atoms with Crippen molar-refractivity contribution in [2.75, 3.05) is 37.9 Å². The first-order valence-electron chi connectivity index (χ1n) is 21.0. The van der Waals surface area contributed by atoms with Crippen LogP contribution in [0.2, 0.25) is 0 Å². The Morgan fingerprint density at radius 3 is 1.30 bits per heavy atom. The topological polar surface area (TPSA) is 425 Å². The van der Waals surface area contributed by atoms with Crippen LogP contribution in [-0.4, -0.2) is 166 Å². The Balaban J connectivity index is 0.000000206. The lowest BCUT2D eigenvalue weighted by atomic mass is 10.1. The number of hydrogen-bond acceptors (Lipinski definition) is 22. The maximum Gasteiger partial charge on any atom is 0.365 e. The Labute approximate surface area is 395 Å². The number of hydrogen-bond donors (Lipinski definition) is 10. The van der Waals surface area contributed by atoms with Crippen LogP contribution in [0.15, 0.2) is 73.3 Å². The molecule has 28 nitrogen and oxygen atoms in total. The zero-order valence-electron chi connectivity index (χ0n) is 36.8. The molecule has 0 bridgehead atoms. The molecule has 8 rings (SSSR count). The average Bonchev–Trinajstić information content (AvgIpc) is 4.08. The molecule has 0 aliphatic carbocycles. The van der Waals surface area contributed by atoms with Crippen molar-refractivity contribution < 1.29 is 87.1 Å². The summed E-state index contributed by atoms with van der Waals surface area (Å²) in [5.74, 6) is -6.11. The van der Waals surface area contributed by atoms with Gasteiger partial charge in [-0.2, -0.15) is 0 Å².